The molecule has 0 saturated carbocycles. The summed E-state index contributed by atoms with van der Waals surface area (Å²) < 4.78 is 5.22. The minimum atomic E-state index is -0.366. The first-order valence-corrected chi connectivity index (χ1v) is 6.53. The molecular formula is C16H18N2O3. The second-order valence-corrected chi connectivity index (χ2v) is 4.42. The fourth-order valence-corrected chi connectivity index (χ4v) is 1.93. The first-order valence-electron chi connectivity index (χ1n) is 6.53. The van der Waals surface area contributed by atoms with Gasteiger partial charge in [0.15, 0.2) is 0 Å². The van der Waals surface area contributed by atoms with Crippen LogP contribution < -0.4 is 15.5 Å². The number of hydroxylamine groups is 1. The normalized spacial score (nSPS) is 10.0. The van der Waals surface area contributed by atoms with Crippen molar-refractivity contribution in [2.24, 2.45) is 0 Å². The molecule has 0 spiro atoms. The Balaban J connectivity index is 2.03. The summed E-state index contributed by atoms with van der Waals surface area (Å²) in [5.74, 6) is 0.828. The smallest absolute Gasteiger partial charge is 0.338 e. The summed E-state index contributed by atoms with van der Waals surface area (Å²) in [6.45, 7) is 0.438. The lowest BCUT2D eigenvalue weighted by Crippen LogP contribution is -2.34. The maximum Gasteiger partial charge on any atom is 0.338 e. The van der Waals surface area contributed by atoms with E-state index >= 15 is 0 Å². The van der Waals surface area contributed by atoms with Crippen LogP contribution in [0.4, 0.5) is 4.79 Å². The van der Waals surface area contributed by atoms with Gasteiger partial charge in [-0.25, -0.2) is 10.3 Å². The summed E-state index contributed by atoms with van der Waals surface area (Å²) in [4.78, 5) is 15.7. The molecule has 0 aliphatic heterocycles. The second kappa shape index (κ2) is 7.31. The molecule has 0 fully saturated rings. The molecule has 2 rings (SSSR count). The van der Waals surface area contributed by atoms with Gasteiger partial charge in [0, 0.05) is 6.54 Å². The number of hydrogen-bond acceptors (Lipinski definition) is 3. The van der Waals surface area contributed by atoms with E-state index in [4.69, 9.17) is 4.74 Å². The molecule has 0 atom stereocenters. The van der Waals surface area contributed by atoms with Crippen LogP contribution >= 0.6 is 0 Å². The Morgan fingerprint density at radius 2 is 1.81 bits per heavy atom. The predicted molar refractivity (Wildman–Crippen MR) is 80.8 cm³/mol. The number of carbonyl (C=O) groups excluding carboxylic acids is 1. The van der Waals surface area contributed by atoms with Gasteiger partial charge in [-0.05, 0) is 28.8 Å². The second-order valence-electron chi connectivity index (χ2n) is 4.42. The number of amides is 2. The van der Waals surface area contributed by atoms with E-state index in [0.29, 0.717) is 6.54 Å². The van der Waals surface area contributed by atoms with Crippen molar-refractivity contribution in [1.82, 2.24) is 10.8 Å². The highest BCUT2D eigenvalue weighted by atomic mass is 16.6. The standard InChI is InChI=1S/C16H18N2O3/c1-20-15-5-3-4-14(10-15)13-8-6-12(7-9-13)11-17-16(19)18-21-2/h3-10H,11H2,1-2H3,(H2,17,18,19). The third kappa shape index (κ3) is 4.22. The monoisotopic (exact) mass is 286 g/mol. The van der Waals surface area contributed by atoms with Crippen LogP contribution in [0.3, 0.4) is 0 Å². The van der Waals surface area contributed by atoms with E-state index in [-0.39, 0.29) is 6.03 Å². The molecule has 2 N–H and O–H groups in total. The van der Waals surface area contributed by atoms with Gasteiger partial charge in [-0.3, -0.25) is 4.84 Å². The topological polar surface area (TPSA) is 59.6 Å². The Bertz CT molecular complexity index is 597. The zero-order valence-corrected chi connectivity index (χ0v) is 12.1. The lowest BCUT2D eigenvalue weighted by molar-refractivity contribution is 0.107. The van der Waals surface area contributed by atoms with Gasteiger partial charge in [0.2, 0.25) is 0 Å². The number of rotatable bonds is 5. The number of nitrogens with one attached hydrogen (secondary N) is 2. The highest BCUT2D eigenvalue weighted by Gasteiger charge is 2.02. The average molecular weight is 286 g/mol. The summed E-state index contributed by atoms with van der Waals surface area (Å²) in [5, 5.41) is 2.68. The maximum atomic E-state index is 11.2. The molecule has 0 aromatic heterocycles. The maximum absolute atomic E-state index is 11.2. The molecule has 0 unspecified atom stereocenters. The van der Waals surface area contributed by atoms with Crippen molar-refractivity contribution in [2.45, 2.75) is 6.54 Å². The van der Waals surface area contributed by atoms with Gasteiger partial charge in [-0.1, -0.05) is 36.4 Å². The third-order valence-electron chi connectivity index (χ3n) is 3.00. The van der Waals surface area contributed by atoms with Crippen LogP contribution in [-0.4, -0.2) is 20.3 Å². The average Bonchev–Trinajstić information content (AvgIpc) is 2.54. The van der Waals surface area contributed by atoms with Crippen LogP contribution in [0.2, 0.25) is 0 Å². The molecule has 2 aromatic carbocycles. The molecule has 2 aromatic rings. The van der Waals surface area contributed by atoms with E-state index in [9.17, 15) is 4.79 Å². The van der Waals surface area contributed by atoms with Crippen LogP contribution in [0.15, 0.2) is 48.5 Å². The van der Waals surface area contributed by atoms with Gasteiger partial charge < -0.3 is 10.1 Å². The molecule has 0 heterocycles. The summed E-state index contributed by atoms with van der Waals surface area (Å²) in [7, 11) is 3.04. The summed E-state index contributed by atoms with van der Waals surface area (Å²) >= 11 is 0. The van der Waals surface area contributed by atoms with Gasteiger partial charge in [-0.2, -0.15) is 0 Å². The molecule has 2 amide bonds. The molecule has 0 saturated heterocycles. The quantitative estimate of drug-likeness (QED) is 0.831. The van der Waals surface area contributed by atoms with E-state index in [1.54, 1.807) is 7.11 Å². The molecule has 0 aliphatic rings. The highest BCUT2D eigenvalue weighted by molar-refractivity contribution is 5.72. The van der Waals surface area contributed by atoms with Crippen molar-refractivity contribution < 1.29 is 14.4 Å². The van der Waals surface area contributed by atoms with Crippen molar-refractivity contribution in [2.75, 3.05) is 14.2 Å². The minimum Gasteiger partial charge on any atom is -0.497 e. The van der Waals surface area contributed by atoms with Gasteiger partial charge in [-0.15, -0.1) is 0 Å². The van der Waals surface area contributed by atoms with Crippen molar-refractivity contribution in [1.29, 1.82) is 0 Å². The number of urea groups is 1. The van der Waals surface area contributed by atoms with Crippen LogP contribution in [0.1, 0.15) is 5.56 Å². The highest BCUT2D eigenvalue weighted by Crippen LogP contribution is 2.23. The number of carbonyl (C=O) groups is 1. The molecule has 5 heteroatoms. The van der Waals surface area contributed by atoms with E-state index in [1.165, 1.54) is 7.11 Å². The van der Waals surface area contributed by atoms with Crippen molar-refractivity contribution in [3.63, 3.8) is 0 Å². The fourth-order valence-electron chi connectivity index (χ4n) is 1.93. The van der Waals surface area contributed by atoms with Crippen molar-refractivity contribution >= 4 is 6.03 Å². The number of ether oxygens (including phenoxy) is 1. The number of methoxy groups -OCH3 is 1. The van der Waals surface area contributed by atoms with Crippen LogP contribution in [0, 0.1) is 0 Å². The third-order valence-corrected chi connectivity index (χ3v) is 3.00. The minimum absolute atomic E-state index is 0.366. The zero-order valence-electron chi connectivity index (χ0n) is 12.1. The largest absolute Gasteiger partial charge is 0.497 e. The first kappa shape index (κ1) is 14.9. The Morgan fingerprint density at radius 3 is 2.48 bits per heavy atom. The summed E-state index contributed by atoms with van der Waals surface area (Å²) in [5.41, 5.74) is 5.39. The van der Waals surface area contributed by atoms with Gasteiger partial charge in [0.1, 0.15) is 5.75 Å². The molecule has 21 heavy (non-hydrogen) atoms. The van der Waals surface area contributed by atoms with Gasteiger partial charge in [0.05, 0.1) is 14.2 Å². The predicted octanol–water partition coefficient (Wildman–Crippen LogP) is 2.72. The van der Waals surface area contributed by atoms with Gasteiger partial charge in [0.25, 0.3) is 0 Å². The molecular weight excluding hydrogens is 268 g/mol. The lowest BCUT2D eigenvalue weighted by Gasteiger charge is -2.08. The van der Waals surface area contributed by atoms with Crippen LogP contribution in [-0.2, 0) is 11.4 Å². The Hall–Kier alpha value is -2.53. The lowest BCUT2D eigenvalue weighted by atomic mass is 10.0. The summed E-state index contributed by atoms with van der Waals surface area (Å²) in [6, 6.07) is 15.5. The van der Waals surface area contributed by atoms with Crippen LogP contribution in [0.5, 0.6) is 5.75 Å². The fraction of sp³-hybridized carbons (Fsp3) is 0.188. The molecule has 0 bridgehead atoms. The first-order chi connectivity index (χ1) is 10.2. The summed E-state index contributed by atoms with van der Waals surface area (Å²) in [6.07, 6.45) is 0. The molecule has 110 valence electrons. The van der Waals surface area contributed by atoms with Crippen molar-refractivity contribution in [3.8, 4) is 16.9 Å². The Kier molecular flexibility index (Phi) is 5.17. The van der Waals surface area contributed by atoms with E-state index < -0.39 is 0 Å². The number of benzene rings is 2. The molecule has 5 nitrogen and oxygen atoms in total. The Morgan fingerprint density at radius 1 is 1.05 bits per heavy atom. The van der Waals surface area contributed by atoms with Crippen molar-refractivity contribution in [3.05, 3.63) is 54.1 Å². The van der Waals surface area contributed by atoms with Gasteiger partial charge >= 0.3 is 6.03 Å². The van der Waals surface area contributed by atoms with E-state index in [0.717, 1.165) is 22.4 Å². The molecule has 0 radical (unpaired) electrons. The van der Waals surface area contributed by atoms with E-state index in [1.807, 2.05) is 48.5 Å². The zero-order chi connectivity index (χ0) is 15.1. The molecule has 0 aliphatic carbocycles. The Labute approximate surface area is 123 Å². The SMILES string of the molecule is CONC(=O)NCc1ccc(-c2cccc(OC)c2)cc1. The number of hydrogen-bond donors (Lipinski definition) is 2. The van der Waals surface area contributed by atoms with E-state index in [2.05, 4.69) is 15.6 Å². The van der Waals surface area contributed by atoms with Crippen LogP contribution in [0.25, 0.3) is 11.1 Å².